The molecule has 2 N–H and O–H groups in total. The second-order valence-corrected chi connectivity index (χ2v) is 6.28. The number of carboxylic acids is 1. The van der Waals surface area contributed by atoms with Crippen molar-refractivity contribution in [1.29, 1.82) is 0 Å². The molecule has 0 unspecified atom stereocenters. The van der Waals surface area contributed by atoms with E-state index >= 15 is 0 Å². The molecule has 0 saturated heterocycles. The van der Waals surface area contributed by atoms with Gasteiger partial charge in [0.25, 0.3) is 0 Å². The van der Waals surface area contributed by atoms with Gasteiger partial charge in [-0.1, -0.05) is 6.42 Å². The van der Waals surface area contributed by atoms with Crippen LogP contribution in [-0.2, 0) is 22.2 Å². The fraction of sp³-hybridized carbons (Fsp3) is 0.615. The summed E-state index contributed by atoms with van der Waals surface area (Å²) in [5.74, 6) is -1.36. The lowest BCUT2D eigenvalue weighted by molar-refractivity contribution is -0.157. The van der Waals surface area contributed by atoms with Gasteiger partial charge in [-0.15, -0.1) is 11.3 Å². The van der Waals surface area contributed by atoms with Gasteiger partial charge in [0.2, 0.25) is 5.91 Å². The fourth-order valence-corrected chi connectivity index (χ4v) is 3.11. The lowest BCUT2D eigenvalue weighted by atomic mass is 9.66. The van der Waals surface area contributed by atoms with Gasteiger partial charge in [-0.25, -0.2) is 4.98 Å². The van der Waals surface area contributed by atoms with E-state index in [9.17, 15) is 22.8 Å². The Labute approximate surface area is 128 Å². The smallest absolute Gasteiger partial charge is 0.434 e. The number of hydrogen-bond donors (Lipinski definition) is 2. The Morgan fingerprint density at radius 1 is 1.41 bits per heavy atom. The van der Waals surface area contributed by atoms with Gasteiger partial charge in [-0.2, -0.15) is 13.2 Å². The van der Waals surface area contributed by atoms with E-state index in [1.807, 2.05) is 0 Å². The van der Waals surface area contributed by atoms with Crippen LogP contribution in [0, 0.1) is 5.41 Å². The number of aromatic nitrogens is 1. The first-order valence-electron chi connectivity index (χ1n) is 6.75. The van der Waals surface area contributed by atoms with Crippen molar-refractivity contribution in [3.8, 4) is 0 Å². The van der Waals surface area contributed by atoms with Crippen molar-refractivity contribution in [1.82, 2.24) is 10.3 Å². The standard InChI is InChI=1S/C13H15F3N2O3S/c14-13(15,16)8-7-22-10(18-8)2-5-17-9(19)6-12(11(20)21)3-1-4-12/h7H,1-6H2,(H,17,19)(H,20,21). The quantitative estimate of drug-likeness (QED) is 0.836. The number of carbonyl (C=O) groups excluding carboxylic acids is 1. The van der Waals surface area contributed by atoms with Gasteiger partial charge in [-0.05, 0) is 12.8 Å². The fourth-order valence-electron chi connectivity index (χ4n) is 2.30. The molecule has 1 aromatic rings. The average molecular weight is 336 g/mol. The van der Waals surface area contributed by atoms with Gasteiger partial charge < -0.3 is 10.4 Å². The number of alkyl halides is 3. The van der Waals surface area contributed by atoms with Crippen LogP contribution in [-0.4, -0.2) is 28.5 Å². The number of rotatable bonds is 6. The first-order chi connectivity index (χ1) is 10.2. The highest BCUT2D eigenvalue weighted by atomic mass is 32.1. The van der Waals surface area contributed by atoms with Crippen molar-refractivity contribution in [2.24, 2.45) is 5.41 Å². The molecule has 1 saturated carbocycles. The Morgan fingerprint density at radius 2 is 2.09 bits per heavy atom. The Balaban J connectivity index is 1.78. The number of nitrogens with zero attached hydrogens (tertiary/aromatic N) is 1. The number of thiazole rings is 1. The molecule has 1 aliphatic carbocycles. The third-order valence-electron chi connectivity index (χ3n) is 3.77. The Kier molecular flexibility index (Phi) is 4.74. The molecule has 0 aliphatic heterocycles. The predicted octanol–water partition coefficient (Wildman–Crippen LogP) is 2.47. The number of nitrogens with one attached hydrogen (secondary N) is 1. The molecule has 0 atom stereocenters. The summed E-state index contributed by atoms with van der Waals surface area (Å²) in [5, 5.41) is 12.9. The Bertz CT molecular complexity index is 567. The van der Waals surface area contributed by atoms with Crippen LogP contribution in [0.3, 0.4) is 0 Å². The monoisotopic (exact) mass is 336 g/mol. The summed E-state index contributed by atoms with van der Waals surface area (Å²) in [6.07, 6.45) is -2.61. The predicted molar refractivity (Wildman–Crippen MR) is 72.4 cm³/mol. The van der Waals surface area contributed by atoms with E-state index in [0.717, 1.165) is 23.1 Å². The maximum atomic E-state index is 12.4. The van der Waals surface area contributed by atoms with Crippen LogP contribution in [0.15, 0.2) is 5.38 Å². The molecular formula is C13H15F3N2O3S. The molecule has 0 spiro atoms. The van der Waals surface area contributed by atoms with Crippen molar-refractivity contribution in [3.05, 3.63) is 16.1 Å². The average Bonchev–Trinajstić information content (AvgIpc) is 2.82. The largest absolute Gasteiger partial charge is 0.481 e. The van der Waals surface area contributed by atoms with E-state index < -0.39 is 29.2 Å². The lowest BCUT2D eigenvalue weighted by Gasteiger charge is -2.36. The summed E-state index contributed by atoms with van der Waals surface area (Å²) in [5.41, 5.74) is -1.90. The van der Waals surface area contributed by atoms with E-state index in [1.54, 1.807) is 0 Å². The number of hydrogen-bond acceptors (Lipinski definition) is 4. The molecule has 1 amide bonds. The highest BCUT2D eigenvalue weighted by Crippen LogP contribution is 2.44. The van der Waals surface area contributed by atoms with Gasteiger partial charge in [0, 0.05) is 24.8 Å². The van der Waals surface area contributed by atoms with Crippen LogP contribution < -0.4 is 5.32 Å². The van der Waals surface area contributed by atoms with Crippen LogP contribution in [0.25, 0.3) is 0 Å². The van der Waals surface area contributed by atoms with E-state index in [2.05, 4.69) is 10.3 Å². The highest BCUT2D eigenvalue weighted by molar-refractivity contribution is 7.09. The van der Waals surface area contributed by atoms with Crippen LogP contribution in [0.1, 0.15) is 36.4 Å². The molecule has 1 fully saturated rings. The third-order valence-corrected chi connectivity index (χ3v) is 4.68. The Morgan fingerprint density at radius 3 is 2.55 bits per heavy atom. The first-order valence-corrected chi connectivity index (χ1v) is 7.63. The summed E-state index contributed by atoms with van der Waals surface area (Å²) in [6.45, 7) is 0.138. The second kappa shape index (κ2) is 6.23. The van der Waals surface area contributed by atoms with Crippen LogP contribution >= 0.6 is 11.3 Å². The SMILES string of the molecule is O=C(CC1(C(=O)O)CCC1)NCCc1nc(C(F)(F)F)cs1. The minimum atomic E-state index is -4.46. The van der Waals surface area contributed by atoms with Crippen molar-refractivity contribution in [2.45, 2.75) is 38.3 Å². The van der Waals surface area contributed by atoms with Crippen molar-refractivity contribution in [2.75, 3.05) is 6.54 Å². The molecule has 2 rings (SSSR count). The highest BCUT2D eigenvalue weighted by Gasteiger charge is 2.45. The molecule has 1 heterocycles. The van der Waals surface area contributed by atoms with Gasteiger partial charge in [0.05, 0.1) is 10.4 Å². The van der Waals surface area contributed by atoms with E-state index in [0.29, 0.717) is 12.8 Å². The number of amides is 1. The zero-order chi connectivity index (χ0) is 16.4. The zero-order valence-electron chi connectivity index (χ0n) is 11.6. The van der Waals surface area contributed by atoms with Gasteiger partial charge in [-0.3, -0.25) is 9.59 Å². The summed E-state index contributed by atoms with van der Waals surface area (Å²) in [7, 11) is 0. The summed E-state index contributed by atoms with van der Waals surface area (Å²) in [4.78, 5) is 26.3. The summed E-state index contributed by atoms with van der Waals surface area (Å²) < 4.78 is 37.1. The topological polar surface area (TPSA) is 79.3 Å². The molecule has 5 nitrogen and oxygen atoms in total. The molecule has 0 radical (unpaired) electrons. The third kappa shape index (κ3) is 3.76. The van der Waals surface area contributed by atoms with Gasteiger partial charge in [0.1, 0.15) is 0 Å². The minimum absolute atomic E-state index is 0.0893. The maximum absolute atomic E-state index is 12.4. The first kappa shape index (κ1) is 16.7. The van der Waals surface area contributed by atoms with E-state index in [-0.39, 0.29) is 24.4 Å². The van der Waals surface area contributed by atoms with Gasteiger partial charge in [0.15, 0.2) is 5.69 Å². The second-order valence-electron chi connectivity index (χ2n) is 5.34. The van der Waals surface area contributed by atoms with Crippen molar-refractivity contribution >= 4 is 23.2 Å². The van der Waals surface area contributed by atoms with Crippen molar-refractivity contribution < 1.29 is 27.9 Å². The number of aliphatic carboxylic acids is 1. The normalized spacial score (nSPS) is 16.9. The number of carbonyl (C=O) groups is 2. The summed E-state index contributed by atoms with van der Waals surface area (Å²) in [6, 6.07) is 0. The Hall–Kier alpha value is -1.64. The molecule has 0 aromatic carbocycles. The zero-order valence-corrected chi connectivity index (χ0v) is 12.4. The lowest BCUT2D eigenvalue weighted by Crippen LogP contribution is -2.42. The minimum Gasteiger partial charge on any atom is -0.481 e. The van der Waals surface area contributed by atoms with Crippen LogP contribution in [0.5, 0.6) is 0 Å². The van der Waals surface area contributed by atoms with E-state index in [4.69, 9.17) is 5.11 Å². The molecule has 0 bridgehead atoms. The van der Waals surface area contributed by atoms with Gasteiger partial charge >= 0.3 is 12.1 Å². The molecule has 122 valence electrons. The molecule has 9 heteroatoms. The van der Waals surface area contributed by atoms with Crippen LogP contribution in [0.2, 0.25) is 0 Å². The van der Waals surface area contributed by atoms with E-state index in [1.165, 1.54) is 0 Å². The molecule has 1 aromatic heterocycles. The molecular weight excluding hydrogens is 321 g/mol. The van der Waals surface area contributed by atoms with Crippen molar-refractivity contribution in [3.63, 3.8) is 0 Å². The maximum Gasteiger partial charge on any atom is 0.434 e. The molecule has 1 aliphatic rings. The molecule has 22 heavy (non-hydrogen) atoms. The number of halogens is 3. The van der Waals surface area contributed by atoms with Crippen LogP contribution in [0.4, 0.5) is 13.2 Å². The number of carboxylic acid groups (broad SMARTS) is 1. The summed E-state index contributed by atoms with van der Waals surface area (Å²) >= 11 is 0.885.